The molecular weight excluding hydrogens is 290 g/mol. The molecule has 0 saturated carbocycles. The monoisotopic (exact) mass is 305 g/mol. The Balaban J connectivity index is 1.41. The molecular formula is C18H15N3O2. The Hall–Kier alpha value is -3.08. The number of imidazole rings is 1. The number of furan rings is 1. The maximum Gasteiger partial charge on any atom is 0.287 e. The summed E-state index contributed by atoms with van der Waals surface area (Å²) in [6.07, 6.45) is 4.61. The fraction of sp³-hybridized carbons (Fsp3) is 0.111. The van der Waals surface area contributed by atoms with Crippen molar-refractivity contribution >= 4 is 22.5 Å². The molecule has 4 rings (SSSR count). The lowest BCUT2D eigenvalue weighted by molar-refractivity contribution is 0.0928. The second-order valence-electron chi connectivity index (χ2n) is 5.35. The number of amides is 1. The SMILES string of the molecule is O=C(NCCc1cn2ccccc2n1)c1cc2ccccc2o1. The highest BCUT2D eigenvalue weighted by Gasteiger charge is 2.11. The zero-order valence-electron chi connectivity index (χ0n) is 12.4. The first-order valence-corrected chi connectivity index (χ1v) is 7.49. The van der Waals surface area contributed by atoms with Crippen LogP contribution >= 0.6 is 0 Å². The van der Waals surface area contributed by atoms with Crippen LogP contribution in [0.1, 0.15) is 16.2 Å². The molecule has 114 valence electrons. The minimum Gasteiger partial charge on any atom is -0.451 e. The van der Waals surface area contributed by atoms with Crippen molar-refractivity contribution < 1.29 is 9.21 Å². The first-order valence-electron chi connectivity index (χ1n) is 7.49. The van der Waals surface area contributed by atoms with E-state index in [1.807, 2.05) is 59.3 Å². The quantitative estimate of drug-likeness (QED) is 0.630. The maximum atomic E-state index is 12.1. The van der Waals surface area contributed by atoms with Gasteiger partial charge in [-0.05, 0) is 24.3 Å². The third-order valence-electron chi connectivity index (χ3n) is 3.73. The summed E-state index contributed by atoms with van der Waals surface area (Å²) in [5.41, 5.74) is 2.57. The molecule has 0 fully saturated rings. The van der Waals surface area contributed by atoms with Gasteiger partial charge >= 0.3 is 0 Å². The van der Waals surface area contributed by atoms with Crippen LogP contribution in [0.5, 0.6) is 0 Å². The van der Waals surface area contributed by atoms with E-state index in [1.165, 1.54) is 0 Å². The molecule has 0 radical (unpaired) electrons. The number of hydrogen-bond donors (Lipinski definition) is 1. The van der Waals surface area contributed by atoms with Gasteiger partial charge in [-0.25, -0.2) is 4.98 Å². The summed E-state index contributed by atoms with van der Waals surface area (Å²) < 4.78 is 7.52. The first-order chi connectivity index (χ1) is 11.3. The van der Waals surface area contributed by atoms with Gasteiger partial charge in [-0.2, -0.15) is 0 Å². The summed E-state index contributed by atoms with van der Waals surface area (Å²) in [6, 6.07) is 15.2. The number of carbonyl (C=O) groups excluding carboxylic acids is 1. The number of aromatic nitrogens is 2. The molecule has 5 heteroatoms. The molecule has 23 heavy (non-hydrogen) atoms. The third-order valence-corrected chi connectivity index (χ3v) is 3.73. The third kappa shape index (κ3) is 2.68. The van der Waals surface area contributed by atoms with Crippen LogP contribution in [0.3, 0.4) is 0 Å². The van der Waals surface area contributed by atoms with Crippen molar-refractivity contribution in [1.82, 2.24) is 14.7 Å². The van der Waals surface area contributed by atoms with Crippen molar-refractivity contribution in [3.8, 4) is 0 Å². The van der Waals surface area contributed by atoms with E-state index in [9.17, 15) is 4.79 Å². The highest BCUT2D eigenvalue weighted by atomic mass is 16.3. The molecule has 1 N–H and O–H groups in total. The molecule has 0 aliphatic heterocycles. The van der Waals surface area contributed by atoms with Crippen LogP contribution in [0.4, 0.5) is 0 Å². The van der Waals surface area contributed by atoms with Crippen LogP contribution in [-0.4, -0.2) is 21.8 Å². The molecule has 0 unspecified atom stereocenters. The van der Waals surface area contributed by atoms with Crippen LogP contribution in [-0.2, 0) is 6.42 Å². The first kappa shape index (κ1) is 13.6. The van der Waals surface area contributed by atoms with Gasteiger partial charge in [-0.3, -0.25) is 4.79 Å². The summed E-state index contributed by atoms with van der Waals surface area (Å²) in [5, 5.41) is 3.80. The number of pyridine rings is 1. The summed E-state index contributed by atoms with van der Waals surface area (Å²) in [7, 11) is 0. The minimum atomic E-state index is -0.204. The molecule has 0 saturated heterocycles. The van der Waals surface area contributed by atoms with E-state index in [0.29, 0.717) is 18.7 Å². The highest BCUT2D eigenvalue weighted by molar-refractivity contribution is 5.96. The van der Waals surface area contributed by atoms with Crippen LogP contribution in [0.15, 0.2) is 65.3 Å². The molecule has 3 aromatic heterocycles. The summed E-state index contributed by atoms with van der Waals surface area (Å²) >= 11 is 0. The number of fused-ring (bicyclic) bond motifs is 2. The van der Waals surface area contributed by atoms with Gasteiger partial charge in [0, 0.05) is 30.7 Å². The predicted molar refractivity (Wildman–Crippen MR) is 87.4 cm³/mol. The number of nitrogens with one attached hydrogen (secondary N) is 1. The van der Waals surface area contributed by atoms with Crippen molar-refractivity contribution in [2.75, 3.05) is 6.54 Å². The van der Waals surface area contributed by atoms with Gasteiger partial charge in [0.25, 0.3) is 5.91 Å². The van der Waals surface area contributed by atoms with Crippen LogP contribution in [0.25, 0.3) is 16.6 Å². The molecule has 5 nitrogen and oxygen atoms in total. The van der Waals surface area contributed by atoms with Gasteiger partial charge in [-0.15, -0.1) is 0 Å². The van der Waals surface area contributed by atoms with E-state index in [2.05, 4.69) is 10.3 Å². The minimum absolute atomic E-state index is 0.204. The van der Waals surface area contributed by atoms with E-state index >= 15 is 0 Å². The molecule has 0 aliphatic carbocycles. The lowest BCUT2D eigenvalue weighted by Gasteiger charge is -2.00. The molecule has 0 spiro atoms. The van der Waals surface area contributed by atoms with E-state index in [1.54, 1.807) is 6.07 Å². The maximum absolute atomic E-state index is 12.1. The van der Waals surface area contributed by atoms with Gasteiger partial charge < -0.3 is 14.1 Å². The summed E-state index contributed by atoms with van der Waals surface area (Å²) in [5.74, 6) is 0.131. The molecule has 1 aromatic carbocycles. The van der Waals surface area contributed by atoms with Crippen LogP contribution in [0, 0.1) is 0 Å². The normalized spacial score (nSPS) is 11.1. The van der Waals surface area contributed by atoms with Crippen molar-refractivity contribution in [2.45, 2.75) is 6.42 Å². The molecule has 4 aromatic rings. The second-order valence-corrected chi connectivity index (χ2v) is 5.35. The Morgan fingerprint density at radius 3 is 2.91 bits per heavy atom. The Morgan fingerprint density at radius 1 is 1.17 bits per heavy atom. The molecule has 0 bridgehead atoms. The van der Waals surface area contributed by atoms with E-state index < -0.39 is 0 Å². The lowest BCUT2D eigenvalue weighted by atomic mass is 10.2. The Kier molecular flexibility index (Phi) is 3.31. The highest BCUT2D eigenvalue weighted by Crippen LogP contribution is 2.18. The smallest absolute Gasteiger partial charge is 0.287 e. The number of rotatable bonds is 4. The number of benzene rings is 1. The van der Waals surface area contributed by atoms with E-state index in [0.717, 1.165) is 22.3 Å². The van der Waals surface area contributed by atoms with Gasteiger partial charge in [0.2, 0.25) is 0 Å². The van der Waals surface area contributed by atoms with Crippen molar-refractivity contribution in [3.63, 3.8) is 0 Å². The van der Waals surface area contributed by atoms with Crippen molar-refractivity contribution in [2.24, 2.45) is 0 Å². The standard InChI is InChI=1S/C18H15N3O2/c22-18(16-11-13-5-1-2-6-15(13)23-16)19-9-8-14-12-21-10-4-3-7-17(21)20-14/h1-7,10-12H,8-9H2,(H,19,22). The molecule has 1 amide bonds. The summed E-state index contributed by atoms with van der Waals surface area (Å²) in [4.78, 5) is 16.7. The number of para-hydroxylation sites is 1. The van der Waals surface area contributed by atoms with Crippen LogP contribution < -0.4 is 5.32 Å². The van der Waals surface area contributed by atoms with Gasteiger partial charge in [0.05, 0.1) is 5.69 Å². The number of hydrogen-bond acceptors (Lipinski definition) is 3. The molecule has 0 aliphatic rings. The zero-order valence-corrected chi connectivity index (χ0v) is 12.4. The Bertz CT molecular complexity index is 918. The van der Waals surface area contributed by atoms with Crippen LogP contribution in [0.2, 0.25) is 0 Å². The largest absolute Gasteiger partial charge is 0.451 e. The summed E-state index contributed by atoms with van der Waals surface area (Å²) in [6.45, 7) is 0.514. The Labute approximate surface area is 132 Å². The fourth-order valence-corrected chi connectivity index (χ4v) is 2.59. The molecule has 3 heterocycles. The molecule has 0 atom stereocenters. The second kappa shape index (κ2) is 5.61. The average Bonchev–Trinajstić information content (AvgIpc) is 3.18. The van der Waals surface area contributed by atoms with Crippen molar-refractivity contribution in [3.05, 3.63) is 72.4 Å². The average molecular weight is 305 g/mol. The number of carbonyl (C=O) groups is 1. The van der Waals surface area contributed by atoms with Crippen molar-refractivity contribution in [1.29, 1.82) is 0 Å². The van der Waals surface area contributed by atoms with E-state index in [4.69, 9.17) is 4.42 Å². The van der Waals surface area contributed by atoms with Gasteiger partial charge in [0.15, 0.2) is 5.76 Å². The zero-order chi connectivity index (χ0) is 15.6. The topological polar surface area (TPSA) is 59.5 Å². The van der Waals surface area contributed by atoms with E-state index in [-0.39, 0.29) is 5.91 Å². The van der Waals surface area contributed by atoms with Gasteiger partial charge in [0.1, 0.15) is 11.2 Å². The predicted octanol–water partition coefficient (Wildman–Crippen LogP) is 3.05. The lowest BCUT2D eigenvalue weighted by Crippen LogP contribution is -2.25. The fourth-order valence-electron chi connectivity index (χ4n) is 2.59. The Morgan fingerprint density at radius 2 is 2.04 bits per heavy atom. The number of nitrogens with zero attached hydrogens (tertiary/aromatic N) is 2. The van der Waals surface area contributed by atoms with Gasteiger partial charge in [-0.1, -0.05) is 24.3 Å².